The van der Waals surface area contributed by atoms with E-state index in [2.05, 4.69) is 36.7 Å². The van der Waals surface area contributed by atoms with Crippen molar-refractivity contribution in [2.24, 2.45) is 7.05 Å². The maximum absolute atomic E-state index is 13.2. The maximum Gasteiger partial charge on any atom is 0.259 e. The molecule has 33 heavy (non-hydrogen) atoms. The second kappa shape index (κ2) is 7.28. The monoisotopic (exact) mass is 444 g/mol. The predicted octanol–water partition coefficient (Wildman–Crippen LogP) is 2.82. The van der Waals surface area contributed by atoms with Crippen molar-refractivity contribution in [2.45, 2.75) is 38.6 Å². The van der Waals surface area contributed by atoms with Gasteiger partial charge in [-0.2, -0.15) is 5.10 Å². The van der Waals surface area contributed by atoms with Crippen LogP contribution in [0, 0.1) is 13.8 Å². The molecule has 2 saturated heterocycles. The maximum atomic E-state index is 13.2. The third-order valence-corrected chi connectivity index (χ3v) is 7.14. The minimum Gasteiger partial charge on any atom is -0.371 e. The number of nitrogens with zero attached hydrogens (tertiary/aromatic N) is 6. The fourth-order valence-electron chi connectivity index (χ4n) is 5.29. The van der Waals surface area contributed by atoms with Crippen molar-refractivity contribution in [3.8, 4) is 0 Å². The summed E-state index contributed by atoms with van der Waals surface area (Å²) in [5.41, 5.74) is 5.22. The number of carbonyl (C=O) groups excluding carboxylic acids is 1. The Bertz CT molecular complexity index is 1390. The van der Waals surface area contributed by atoms with E-state index >= 15 is 0 Å². The van der Waals surface area contributed by atoms with E-state index in [1.807, 2.05) is 50.0 Å². The molecule has 0 bridgehead atoms. The topological polar surface area (TPSA) is 92.4 Å². The lowest BCUT2D eigenvalue weighted by atomic mass is 9.79. The van der Waals surface area contributed by atoms with Gasteiger partial charge in [0.15, 0.2) is 11.5 Å². The number of fused-ring (bicyclic) bond motifs is 2. The summed E-state index contributed by atoms with van der Waals surface area (Å²) in [7, 11) is 1.90. The largest absolute Gasteiger partial charge is 0.371 e. The van der Waals surface area contributed by atoms with Crippen molar-refractivity contribution in [3.05, 3.63) is 47.7 Å². The van der Waals surface area contributed by atoms with Crippen molar-refractivity contribution in [1.29, 1.82) is 0 Å². The van der Waals surface area contributed by atoms with Gasteiger partial charge in [0.1, 0.15) is 5.52 Å². The van der Waals surface area contributed by atoms with Crippen molar-refractivity contribution >= 4 is 34.0 Å². The van der Waals surface area contributed by atoms with Gasteiger partial charge >= 0.3 is 0 Å². The van der Waals surface area contributed by atoms with Crippen LogP contribution in [0.2, 0.25) is 0 Å². The lowest BCUT2D eigenvalue weighted by molar-refractivity contribution is 0.102. The number of rotatable bonds is 3. The van der Waals surface area contributed by atoms with Crippen molar-refractivity contribution in [2.75, 3.05) is 29.9 Å². The zero-order chi connectivity index (χ0) is 22.7. The molecule has 9 heteroatoms. The Kier molecular flexibility index (Phi) is 4.45. The highest BCUT2D eigenvalue weighted by molar-refractivity contribution is 6.13. The van der Waals surface area contributed by atoms with E-state index in [1.54, 1.807) is 4.68 Å². The quantitative estimate of drug-likeness (QED) is 0.505. The summed E-state index contributed by atoms with van der Waals surface area (Å²) in [5.74, 6) is 0.283. The molecule has 0 radical (unpaired) electrons. The smallest absolute Gasteiger partial charge is 0.259 e. The molecule has 1 spiro atoms. The minimum absolute atomic E-state index is 0.216. The molecule has 0 saturated carbocycles. The van der Waals surface area contributed by atoms with Gasteiger partial charge in [-0.3, -0.25) is 14.5 Å². The van der Waals surface area contributed by atoms with E-state index in [0.717, 1.165) is 60.6 Å². The standard InChI is InChI=1S/C24H28N8O/c1-15-12-32-14-20(27-22(32)16(2)26-15)28-23(33)17-4-5-19(18-13-30(3)29-21(17)18)31-10-7-24(8-11-31)6-9-25-24/h4-5,12-14,25H,6-11H2,1-3H3,(H,28,33). The van der Waals surface area contributed by atoms with E-state index < -0.39 is 0 Å². The Hall–Kier alpha value is -3.46. The Balaban J connectivity index is 1.30. The molecule has 0 atom stereocenters. The van der Waals surface area contributed by atoms with Crippen LogP contribution in [0.3, 0.4) is 0 Å². The summed E-state index contributed by atoms with van der Waals surface area (Å²) in [5, 5.41) is 12.2. The molecule has 170 valence electrons. The SMILES string of the molecule is Cc1cn2cc(NC(=O)c3ccc(N4CCC5(CCN5)CC4)c4cn(C)nc34)nc2c(C)n1. The number of aromatic nitrogens is 5. The van der Waals surface area contributed by atoms with Gasteiger partial charge in [-0.05, 0) is 51.8 Å². The first-order chi connectivity index (χ1) is 15.9. The van der Waals surface area contributed by atoms with E-state index in [0.29, 0.717) is 22.4 Å². The predicted molar refractivity (Wildman–Crippen MR) is 128 cm³/mol. The summed E-state index contributed by atoms with van der Waals surface area (Å²) in [6, 6.07) is 3.95. The summed E-state index contributed by atoms with van der Waals surface area (Å²) >= 11 is 0. The fraction of sp³-hybridized carbons (Fsp3) is 0.417. The normalized spacial score (nSPS) is 17.6. The van der Waals surface area contributed by atoms with Crippen molar-refractivity contribution in [3.63, 3.8) is 0 Å². The number of piperidine rings is 1. The first-order valence-corrected chi connectivity index (χ1v) is 11.5. The number of carbonyl (C=O) groups is 1. The number of aryl methyl sites for hydroxylation is 3. The van der Waals surface area contributed by atoms with Gasteiger partial charge < -0.3 is 19.9 Å². The minimum atomic E-state index is -0.216. The molecule has 2 N–H and O–H groups in total. The highest BCUT2D eigenvalue weighted by Gasteiger charge is 2.39. The summed E-state index contributed by atoms with van der Waals surface area (Å²) in [4.78, 5) is 24.7. The second-order valence-electron chi connectivity index (χ2n) is 9.42. The molecule has 4 aromatic rings. The van der Waals surface area contributed by atoms with Crippen LogP contribution in [0.1, 0.15) is 41.0 Å². The van der Waals surface area contributed by atoms with E-state index in [1.165, 1.54) is 6.42 Å². The van der Waals surface area contributed by atoms with Gasteiger partial charge in [0, 0.05) is 49.1 Å². The van der Waals surface area contributed by atoms with Gasteiger partial charge in [-0.25, -0.2) is 4.98 Å². The first-order valence-electron chi connectivity index (χ1n) is 11.5. The highest BCUT2D eigenvalue weighted by Crippen LogP contribution is 2.36. The Morgan fingerprint density at radius 2 is 1.88 bits per heavy atom. The molecule has 1 aromatic carbocycles. The Labute approximate surface area is 191 Å². The van der Waals surface area contributed by atoms with Crippen molar-refractivity contribution < 1.29 is 4.79 Å². The molecule has 2 aliphatic heterocycles. The van der Waals surface area contributed by atoms with E-state index in [-0.39, 0.29) is 5.91 Å². The van der Waals surface area contributed by atoms with E-state index in [9.17, 15) is 4.79 Å². The molecule has 5 heterocycles. The molecule has 1 amide bonds. The van der Waals surface area contributed by atoms with Crippen molar-refractivity contribution in [1.82, 2.24) is 29.5 Å². The highest BCUT2D eigenvalue weighted by atomic mass is 16.1. The summed E-state index contributed by atoms with van der Waals surface area (Å²) in [6.07, 6.45) is 9.31. The molecule has 2 fully saturated rings. The average Bonchev–Trinajstić information content (AvgIpc) is 3.34. The van der Waals surface area contributed by atoms with Crippen LogP contribution >= 0.6 is 0 Å². The Morgan fingerprint density at radius 3 is 2.61 bits per heavy atom. The summed E-state index contributed by atoms with van der Waals surface area (Å²) < 4.78 is 3.68. The number of amides is 1. The van der Waals surface area contributed by atoms with Crippen LogP contribution in [0.25, 0.3) is 16.6 Å². The average molecular weight is 445 g/mol. The lowest BCUT2D eigenvalue weighted by Crippen LogP contribution is -2.61. The molecule has 2 aliphatic rings. The third kappa shape index (κ3) is 3.34. The lowest BCUT2D eigenvalue weighted by Gasteiger charge is -2.49. The van der Waals surface area contributed by atoms with E-state index in [4.69, 9.17) is 0 Å². The Morgan fingerprint density at radius 1 is 1.09 bits per heavy atom. The number of hydrogen-bond donors (Lipinski definition) is 2. The molecular weight excluding hydrogens is 416 g/mol. The van der Waals surface area contributed by atoms with Crippen LogP contribution in [-0.4, -0.2) is 55.2 Å². The van der Waals surface area contributed by atoms with Crippen LogP contribution in [-0.2, 0) is 7.05 Å². The fourth-order valence-corrected chi connectivity index (χ4v) is 5.29. The molecule has 0 aliphatic carbocycles. The van der Waals surface area contributed by atoms with Crippen LogP contribution in [0.15, 0.2) is 30.7 Å². The van der Waals surface area contributed by atoms with Gasteiger partial charge in [-0.15, -0.1) is 0 Å². The zero-order valence-electron chi connectivity index (χ0n) is 19.2. The third-order valence-electron chi connectivity index (χ3n) is 7.14. The first kappa shape index (κ1) is 20.2. The number of benzene rings is 1. The number of hydrogen-bond acceptors (Lipinski definition) is 6. The van der Waals surface area contributed by atoms with Crippen LogP contribution in [0.4, 0.5) is 11.5 Å². The number of imidazole rings is 1. The van der Waals surface area contributed by atoms with Gasteiger partial charge in [0.05, 0.1) is 23.1 Å². The molecule has 0 unspecified atom stereocenters. The molecular formula is C24H28N8O. The number of nitrogens with one attached hydrogen (secondary N) is 2. The summed E-state index contributed by atoms with van der Waals surface area (Å²) in [6.45, 7) is 7.02. The molecule has 3 aromatic heterocycles. The molecule has 6 rings (SSSR count). The van der Waals surface area contributed by atoms with Crippen LogP contribution < -0.4 is 15.5 Å². The zero-order valence-corrected chi connectivity index (χ0v) is 19.2. The van der Waals surface area contributed by atoms with Gasteiger partial charge in [0.25, 0.3) is 5.91 Å². The number of anilines is 2. The second-order valence-corrected chi connectivity index (χ2v) is 9.42. The van der Waals surface area contributed by atoms with Crippen LogP contribution in [0.5, 0.6) is 0 Å². The van der Waals surface area contributed by atoms with Gasteiger partial charge in [0.2, 0.25) is 0 Å². The van der Waals surface area contributed by atoms with Gasteiger partial charge in [-0.1, -0.05) is 0 Å². The molecule has 9 nitrogen and oxygen atoms in total.